The third-order valence-electron chi connectivity index (χ3n) is 2.61. The van der Waals surface area contributed by atoms with Crippen LogP contribution in [0.25, 0.3) is 0 Å². The van der Waals surface area contributed by atoms with E-state index in [4.69, 9.17) is 16.3 Å². The van der Waals surface area contributed by atoms with E-state index in [0.717, 1.165) is 36.4 Å². The van der Waals surface area contributed by atoms with Crippen molar-refractivity contribution >= 4 is 17.3 Å². The second-order valence-electron chi connectivity index (χ2n) is 4.13. The summed E-state index contributed by atoms with van der Waals surface area (Å²) in [5, 5.41) is 21.4. The van der Waals surface area contributed by atoms with Crippen LogP contribution in [0.15, 0.2) is 36.4 Å². The summed E-state index contributed by atoms with van der Waals surface area (Å²) in [6.07, 6.45) is -4.59. The molecule has 0 aliphatic rings. The Morgan fingerprint density at radius 2 is 1.65 bits per heavy atom. The Labute approximate surface area is 175 Å². The maximum absolute atomic E-state index is 12.5. The van der Waals surface area contributed by atoms with Crippen LogP contribution in [0.4, 0.5) is 18.9 Å². The van der Waals surface area contributed by atoms with E-state index in [-0.39, 0.29) is 62.9 Å². The molecule has 116 valence electrons. The third kappa shape index (κ3) is 5.06. The van der Waals surface area contributed by atoms with Crippen LogP contribution >= 0.6 is 11.6 Å². The number of hydrogen-bond donors (Lipinski definition) is 0. The second kappa shape index (κ2) is 7.82. The Bertz CT molecular complexity index is 740. The standard InChI is InChI=1S/C13H7ClF3NO4.K/c14-10-5-7(1-3-9(10)13(15,16)17)22-8-2-4-11(18(20)21)12(19)6-8;/h1-6,19H;/q;+1/p-1. The summed E-state index contributed by atoms with van der Waals surface area (Å²) in [4.78, 5) is 9.66. The molecule has 23 heavy (non-hydrogen) atoms. The zero-order valence-corrected chi connectivity index (χ0v) is 15.4. The number of nitro benzene ring substituents is 1. The molecule has 0 aliphatic heterocycles. The van der Waals surface area contributed by atoms with Crippen molar-refractivity contribution in [1.29, 1.82) is 0 Å². The van der Waals surface area contributed by atoms with Gasteiger partial charge in [-0.05, 0) is 30.0 Å². The van der Waals surface area contributed by atoms with Gasteiger partial charge in [0.1, 0.15) is 11.5 Å². The van der Waals surface area contributed by atoms with Crippen molar-refractivity contribution in [3.8, 4) is 17.2 Å². The predicted octanol–water partition coefficient (Wildman–Crippen LogP) is 1.14. The fourth-order valence-corrected chi connectivity index (χ4v) is 1.91. The molecular formula is C13H6ClF3KNO4. The van der Waals surface area contributed by atoms with Gasteiger partial charge in [-0.3, -0.25) is 10.1 Å². The van der Waals surface area contributed by atoms with Crippen LogP contribution in [0, 0.1) is 10.1 Å². The molecule has 0 aromatic heterocycles. The molecular weight excluding hydrogens is 366 g/mol. The van der Waals surface area contributed by atoms with Crippen molar-refractivity contribution in [1.82, 2.24) is 0 Å². The SMILES string of the molecule is O=[N+]([O-])c1ccc(Oc2ccc(C(F)(F)F)c(Cl)c2)cc1[O-].[K+]. The smallest absolute Gasteiger partial charge is 0.868 e. The Hall–Kier alpha value is -0.844. The fourth-order valence-electron chi connectivity index (χ4n) is 1.63. The van der Waals surface area contributed by atoms with Crippen molar-refractivity contribution < 1.29 is 79.3 Å². The second-order valence-corrected chi connectivity index (χ2v) is 4.54. The summed E-state index contributed by atoms with van der Waals surface area (Å²) in [7, 11) is 0. The van der Waals surface area contributed by atoms with Crippen LogP contribution in [0.1, 0.15) is 5.56 Å². The van der Waals surface area contributed by atoms with Crippen LogP contribution in [-0.2, 0) is 6.18 Å². The molecule has 0 fully saturated rings. The first-order valence-corrected chi connectivity index (χ1v) is 6.06. The van der Waals surface area contributed by atoms with Crippen molar-refractivity contribution in [2.75, 3.05) is 0 Å². The van der Waals surface area contributed by atoms with Gasteiger partial charge in [0.15, 0.2) is 0 Å². The molecule has 0 saturated carbocycles. The Balaban J connectivity index is 0.00000264. The molecule has 0 atom stereocenters. The summed E-state index contributed by atoms with van der Waals surface area (Å²) < 4.78 is 42.8. The minimum absolute atomic E-state index is 0. The maximum Gasteiger partial charge on any atom is 1.00 e. The van der Waals surface area contributed by atoms with E-state index in [1.54, 1.807) is 0 Å². The number of ether oxygens (including phenoxy) is 1. The number of hydrogen-bond acceptors (Lipinski definition) is 4. The minimum atomic E-state index is -4.59. The molecule has 0 amide bonds. The number of benzene rings is 2. The van der Waals surface area contributed by atoms with Crippen LogP contribution in [0.2, 0.25) is 5.02 Å². The van der Waals surface area contributed by atoms with Gasteiger partial charge < -0.3 is 9.84 Å². The van der Waals surface area contributed by atoms with Gasteiger partial charge in [0, 0.05) is 12.1 Å². The third-order valence-corrected chi connectivity index (χ3v) is 2.92. The molecule has 0 radical (unpaired) electrons. The average molecular weight is 372 g/mol. The minimum Gasteiger partial charge on any atom is -0.868 e. The molecule has 2 aromatic rings. The molecule has 0 aliphatic carbocycles. The average Bonchev–Trinajstić information content (AvgIpc) is 2.36. The van der Waals surface area contributed by atoms with Gasteiger partial charge in [0.05, 0.1) is 15.5 Å². The summed E-state index contributed by atoms with van der Waals surface area (Å²) >= 11 is 5.53. The molecule has 0 unspecified atom stereocenters. The fraction of sp³-hybridized carbons (Fsp3) is 0.0769. The quantitative estimate of drug-likeness (QED) is 0.460. The van der Waals surface area contributed by atoms with Crippen LogP contribution < -0.4 is 61.2 Å². The van der Waals surface area contributed by atoms with Gasteiger partial charge >= 0.3 is 57.6 Å². The molecule has 0 heterocycles. The molecule has 10 heteroatoms. The van der Waals surface area contributed by atoms with Crippen LogP contribution in [-0.4, -0.2) is 4.92 Å². The summed E-state index contributed by atoms with van der Waals surface area (Å²) in [5.74, 6) is -0.960. The molecule has 0 N–H and O–H groups in total. The zero-order valence-electron chi connectivity index (χ0n) is 11.6. The molecule has 5 nitrogen and oxygen atoms in total. The molecule has 2 aromatic carbocycles. The topological polar surface area (TPSA) is 75.4 Å². The zero-order chi connectivity index (χ0) is 16.5. The van der Waals surface area contributed by atoms with Crippen molar-refractivity contribution in [2.45, 2.75) is 6.18 Å². The molecule has 0 spiro atoms. The number of rotatable bonds is 3. The summed E-state index contributed by atoms with van der Waals surface area (Å²) in [6, 6.07) is 5.68. The monoisotopic (exact) mass is 371 g/mol. The van der Waals surface area contributed by atoms with Gasteiger partial charge in [-0.15, -0.1) is 0 Å². The first kappa shape index (κ1) is 20.2. The number of halogens is 4. The summed E-state index contributed by atoms with van der Waals surface area (Å²) in [5.41, 5.74) is -1.65. The van der Waals surface area contributed by atoms with Gasteiger partial charge in [0.2, 0.25) is 0 Å². The van der Waals surface area contributed by atoms with Crippen molar-refractivity contribution in [2.24, 2.45) is 0 Å². The Morgan fingerprint density at radius 1 is 1.09 bits per heavy atom. The van der Waals surface area contributed by atoms with Crippen molar-refractivity contribution in [3.63, 3.8) is 0 Å². The van der Waals surface area contributed by atoms with Crippen LogP contribution in [0.3, 0.4) is 0 Å². The van der Waals surface area contributed by atoms with Crippen molar-refractivity contribution in [3.05, 3.63) is 57.1 Å². The molecule has 0 bridgehead atoms. The largest absolute Gasteiger partial charge is 1.00 e. The van der Waals surface area contributed by atoms with E-state index >= 15 is 0 Å². The summed E-state index contributed by atoms with van der Waals surface area (Å²) in [6.45, 7) is 0. The number of alkyl halides is 3. The van der Waals surface area contributed by atoms with E-state index in [1.807, 2.05) is 0 Å². The Morgan fingerprint density at radius 3 is 2.13 bits per heavy atom. The molecule has 2 rings (SSSR count). The van der Waals surface area contributed by atoms with Gasteiger partial charge in [-0.25, -0.2) is 0 Å². The van der Waals surface area contributed by atoms with E-state index < -0.39 is 33.1 Å². The maximum atomic E-state index is 12.5. The first-order chi connectivity index (χ1) is 10.2. The van der Waals surface area contributed by atoms with Gasteiger partial charge in [-0.2, -0.15) is 13.2 Å². The predicted molar refractivity (Wildman–Crippen MR) is 69.1 cm³/mol. The number of nitro groups is 1. The van der Waals surface area contributed by atoms with E-state index in [9.17, 15) is 28.4 Å². The molecule has 0 saturated heterocycles. The first-order valence-electron chi connectivity index (χ1n) is 5.68. The normalized spacial score (nSPS) is 10.8. The van der Waals surface area contributed by atoms with E-state index in [2.05, 4.69) is 0 Å². The van der Waals surface area contributed by atoms with Gasteiger partial charge in [0.25, 0.3) is 5.69 Å². The Kier molecular flexibility index (Phi) is 6.87. The number of nitrogens with zero attached hydrogens (tertiary/aromatic N) is 1. The van der Waals surface area contributed by atoms with E-state index in [0.29, 0.717) is 0 Å². The van der Waals surface area contributed by atoms with E-state index in [1.165, 1.54) is 0 Å². The van der Waals surface area contributed by atoms with Gasteiger partial charge in [-0.1, -0.05) is 11.6 Å². The van der Waals surface area contributed by atoms with Crippen LogP contribution in [0.5, 0.6) is 17.2 Å².